The smallest absolute Gasteiger partial charge is 0.469 e. The highest BCUT2D eigenvalue weighted by atomic mass is 31.2. The van der Waals surface area contributed by atoms with Crippen molar-refractivity contribution in [3.63, 3.8) is 0 Å². The number of epoxide rings is 1. The number of hydrogen-bond donors (Lipinski definition) is 2. The summed E-state index contributed by atoms with van der Waals surface area (Å²) in [5.74, 6) is -0.371. The number of hydrogen-bond acceptors (Lipinski definition) is 6. The lowest BCUT2D eigenvalue weighted by Gasteiger charge is -2.17. The van der Waals surface area contributed by atoms with Gasteiger partial charge in [0.2, 0.25) is 0 Å². The van der Waals surface area contributed by atoms with Gasteiger partial charge in [0.05, 0.1) is 25.1 Å². The highest BCUT2D eigenvalue weighted by Crippen LogP contribution is 2.36. The van der Waals surface area contributed by atoms with Crippen LogP contribution in [0.3, 0.4) is 0 Å². The van der Waals surface area contributed by atoms with Gasteiger partial charge in [0, 0.05) is 6.42 Å². The third-order valence-corrected chi connectivity index (χ3v) is 8.88. The largest absolute Gasteiger partial charge is 0.492 e. The van der Waals surface area contributed by atoms with Crippen LogP contribution in [-0.4, -0.2) is 47.3 Å². The zero-order valence-corrected chi connectivity index (χ0v) is 31.2. The first-order valence-electron chi connectivity index (χ1n) is 19.1. The van der Waals surface area contributed by atoms with Crippen molar-refractivity contribution >= 4 is 13.8 Å². The van der Waals surface area contributed by atoms with Gasteiger partial charge in [-0.3, -0.25) is 9.32 Å². The van der Waals surface area contributed by atoms with E-state index in [-0.39, 0.29) is 25.6 Å². The molecule has 1 fully saturated rings. The van der Waals surface area contributed by atoms with E-state index < -0.39 is 13.9 Å². The molecule has 9 heteroatoms. The summed E-state index contributed by atoms with van der Waals surface area (Å²) in [4.78, 5) is 30.3. The summed E-state index contributed by atoms with van der Waals surface area (Å²) in [5, 5.41) is 0. The van der Waals surface area contributed by atoms with Gasteiger partial charge in [0.15, 0.2) is 6.10 Å². The maximum Gasteiger partial charge on any atom is 0.469 e. The maximum atomic E-state index is 12.2. The highest BCUT2D eigenvalue weighted by Gasteiger charge is 2.36. The molecule has 0 radical (unpaired) electrons. The molecule has 0 aromatic carbocycles. The van der Waals surface area contributed by atoms with Gasteiger partial charge in [-0.05, 0) is 57.4 Å². The minimum absolute atomic E-state index is 0.135. The van der Waals surface area contributed by atoms with E-state index in [0.29, 0.717) is 18.6 Å². The zero-order valence-electron chi connectivity index (χ0n) is 30.3. The second-order valence-electron chi connectivity index (χ2n) is 13.0. The van der Waals surface area contributed by atoms with Gasteiger partial charge in [-0.15, -0.1) is 0 Å². The molecule has 0 bridgehead atoms. The summed E-state index contributed by atoms with van der Waals surface area (Å²) in [6.45, 7) is 3.97. The van der Waals surface area contributed by atoms with Gasteiger partial charge in [0.1, 0.15) is 6.61 Å². The average molecular weight is 697 g/mol. The van der Waals surface area contributed by atoms with Crippen molar-refractivity contribution in [1.29, 1.82) is 0 Å². The Morgan fingerprint density at radius 1 is 0.688 bits per heavy atom. The minimum atomic E-state index is -4.66. The monoisotopic (exact) mass is 696 g/mol. The normalized spacial score (nSPS) is 17.3. The quantitative estimate of drug-likeness (QED) is 0.0171. The number of allylic oxidation sites excluding steroid dienone is 6. The molecular weight excluding hydrogens is 627 g/mol. The fourth-order valence-corrected chi connectivity index (χ4v) is 5.75. The average Bonchev–Trinajstić information content (AvgIpc) is 3.81. The van der Waals surface area contributed by atoms with Gasteiger partial charge in [0.25, 0.3) is 0 Å². The summed E-state index contributed by atoms with van der Waals surface area (Å²) in [5.41, 5.74) is 0. The molecule has 1 saturated heterocycles. The van der Waals surface area contributed by atoms with Crippen LogP contribution in [0.15, 0.2) is 48.8 Å². The Hall–Kier alpha value is -1.70. The van der Waals surface area contributed by atoms with Crippen molar-refractivity contribution in [2.24, 2.45) is 0 Å². The van der Waals surface area contributed by atoms with Crippen molar-refractivity contribution in [2.75, 3.05) is 13.2 Å². The van der Waals surface area contributed by atoms with E-state index in [4.69, 9.17) is 24.0 Å². The summed E-state index contributed by atoms with van der Waals surface area (Å²) in [7, 11) is -4.66. The van der Waals surface area contributed by atoms with Crippen LogP contribution in [0.2, 0.25) is 0 Å². The maximum absolute atomic E-state index is 12.2. The van der Waals surface area contributed by atoms with Crippen LogP contribution in [0, 0.1) is 0 Å². The van der Waals surface area contributed by atoms with E-state index in [1.807, 2.05) is 6.08 Å². The zero-order chi connectivity index (χ0) is 35.0. The summed E-state index contributed by atoms with van der Waals surface area (Å²) in [6, 6.07) is 0. The van der Waals surface area contributed by atoms with E-state index in [1.165, 1.54) is 103 Å². The molecule has 0 saturated carbocycles. The van der Waals surface area contributed by atoms with Crippen molar-refractivity contribution in [3.05, 3.63) is 48.8 Å². The number of carbonyl (C=O) groups is 1. The van der Waals surface area contributed by atoms with Crippen LogP contribution in [0.25, 0.3) is 0 Å². The van der Waals surface area contributed by atoms with Gasteiger partial charge in [-0.25, -0.2) is 4.57 Å². The summed E-state index contributed by atoms with van der Waals surface area (Å²) in [6.07, 6.45) is 42.3. The Morgan fingerprint density at radius 2 is 1.25 bits per heavy atom. The van der Waals surface area contributed by atoms with E-state index in [1.54, 1.807) is 0 Å². The number of carbonyl (C=O) groups excluding carboxylic acids is 1. The molecule has 1 aliphatic rings. The molecule has 8 nitrogen and oxygen atoms in total. The molecule has 0 aromatic rings. The topological polar surface area (TPSA) is 115 Å². The highest BCUT2D eigenvalue weighted by molar-refractivity contribution is 7.46. The number of rotatable bonds is 34. The molecular formula is C39H69O8P. The van der Waals surface area contributed by atoms with Crippen molar-refractivity contribution in [1.82, 2.24) is 0 Å². The molecule has 0 aliphatic carbocycles. The van der Waals surface area contributed by atoms with E-state index >= 15 is 0 Å². The molecule has 0 aromatic heterocycles. The van der Waals surface area contributed by atoms with Crippen LogP contribution < -0.4 is 0 Å². The van der Waals surface area contributed by atoms with Crippen LogP contribution in [0.1, 0.15) is 162 Å². The lowest BCUT2D eigenvalue weighted by molar-refractivity contribution is -0.147. The molecule has 3 atom stereocenters. The Morgan fingerprint density at radius 3 is 1.90 bits per heavy atom. The second kappa shape index (κ2) is 31.3. The first kappa shape index (κ1) is 44.3. The molecule has 278 valence electrons. The van der Waals surface area contributed by atoms with Crippen LogP contribution in [0.5, 0.6) is 0 Å². The number of ether oxygens (including phenoxy) is 3. The van der Waals surface area contributed by atoms with E-state index in [2.05, 4.69) is 54.8 Å². The first-order chi connectivity index (χ1) is 23.4. The van der Waals surface area contributed by atoms with Crippen LogP contribution in [0.4, 0.5) is 0 Å². The number of phosphoric acid groups is 1. The molecule has 2 unspecified atom stereocenters. The second-order valence-corrected chi connectivity index (χ2v) is 14.2. The van der Waals surface area contributed by atoms with Crippen molar-refractivity contribution in [3.8, 4) is 0 Å². The SMILES string of the molecule is CCCCCCCCCCCCCC/C=C/O[C@H](COC(=O)CCC/C=C\C/C=C\C/C=C\CC1OC1CCCCC)COP(=O)(O)O. The summed E-state index contributed by atoms with van der Waals surface area (Å²) >= 11 is 0. The predicted octanol–water partition coefficient (Wildman–Crippen LogP) is 11.0. The Kier molecular flexibility index (Phi) is 28.9. The van der Waals surface area contributed by atoms with Crippen molar-refractivity contribution in [2.45, 2.75) is 180 Å². The lowest BCUT2D eigenvalue weighted by Crippen LogP contribution is -2.25. The minimum Gasteiger partial charge on any atom is -0.492 e. The molecule has 48 heavy (non-hydrogen) atoms. The van der Waals surface area contributed by atoms with E-state index in [0.717, 1.165) is 38.5 Å². The standard InChI is InChI=1S/C39H69O8P/c1-3-5-7-8-9-10-11-12-13-16-19-22-25-29-33-44-36(35-46-48(41,42)43)34-45-39(40)32-28-24-21-18-15-14-17-20-23-27-31-38-37(47-38)30-26-6-4-2/h14,17-18,21,23,27,29,33,36-38H,3-13,15-16,19-20,22,24-26,28,30-32,34-35H2,1-2H3,(H2,41,42,43)/b17-14-,21-18-,27-23-,33-29+/t36-,37?,38?/m1/s1. The molecule has 1 aliphatic heterocycles. The Balaban J connectivity index is 2.09. The van der Waals surface area contributed by atoms with Crippen LogP contribution in [-0.2, 0) is 28.1 Å². The fourth-order valence-electron chi connectivity index (χ4n) is 5.39. The first-order valence-corrected chi connectivity index (χ1v) is 20.6. The third-order valence-electron chi connectivity index (χ3n) is 8.39. The molecule has 0 amide bonds. The molecule has 1 rings (SSSR count). The molecule has 1 heterocycles. The number of phosphoric ester groups is 1. The van der Waals surface area contributed by atoms with E-state index in [9.17, 15) is 9.36 Å². The van der Waals surface area contributed by atoms with Gasteiger partial charge in [-0.1, -0.05) is 140 Å². The van der Waals surface area contributed by atoms with Crippen LogP contribution >= 0.6 is 7.82 Å². The molecule has 2 N–H and O–H groups in total. The van der Waals surface area contributed by atoms with Crippen molar-refractivity contribution < 1.29 is 37.9 Å². The summed E-state index contributed by atoms with van der Waals surface area (Å²) < 4.78 is 32.4. The predicted molar refractivity (Wildman–Crippen MR) is 197 cm³/mol. The van der Waals surface area contributed by atoms with Gasteiger partial charge >= 0.3 is 13.8 Å². The molecule has 0 spiro atoms. The fraction of sp³-hybridized carbons (Fsp3) is 0.769. The van der Waals surface area contributed by atoms with Gasteiger partial charge < -0.3 is 24.0 Å². The third kappa shape index (κ3) is 30.4. The lowest BCUT2D eigenvalue weighted by atomic mass is 10.0. The Bertz CT molecular complexity index is 925. The van der Waals surface area contributed by atoms with Gasteiger partial charge in [-0.2, -0.15) is 0 Å². The Labute approximate surface area is 293 Å². The number of unbranched alkanes of at least 4 members (excludes halogenated alkanes) is 15. The number of esters is 1.